The zero-order chi connectivity index (χ0) is 25.5. The van der Waals surface area contributed by atoms with Crippen LogP contribution in [0, 0.1) is 6.92 Å². The van der Waals surface area contributed by atoms with Gasteiger partial charge in [-0.1, -0.05) is 35.9 Å². The molecule has 0 radical (unpaired) electrons. The second kappa shape index (κ2) is 11.6. The number of amides is 1. The summed E-state index contributed by atoms with van der Waals surface area (Å²) >= 11 is 0. The Bertz CT molecular complexity index is 1310. The van der Waals surface area contributed by atoms with Crippen molar-refractivity contribution in [1.82, 2.24) is 14.9 Å². The van der Waals surface area contributed by atoms with E-state index >= 15 is 0 Å². The Balaban J connectivity index is 1.43. The van der Waals surface area contributed by atoms with Gasteiger partial charge < -0.3 is 24.1 Å². The molecule has 0 fully saturated rings. The number of fused-ring (bicyclic) bond motifs is 1. The number of para-hydroxylation sites is 2. The minimum atomic E-state index is -0.261. The third-order valence-corrected chi connectivity index (χ3v) is 6.08. The molecule has 0 saturated carbocycles. The number of rotatable bonds is 11. The summed E-state index contributed by atoms with van der Waals surface area (Å²) in [7, 11) is 3.17. The van der Waals surface area contributed by atoms with E-state index < -0.39 is 0 Å². The molecule has 0 aliphatic heterocycles. The van der Waals surface area contributed by atoms with E-state index in [4.69, 9.17) is 19.2 Å². The predicted molar refractivity (Wildman–Crippen MR) is 141 cm³/mol. The fraction of sp³-hybridized carbons (Fsp3) is 0.310. The van der Waals surface area contributed by atoms with Crippen LogP contribution in [-0.2, 0) is 17.8 Å². The van der Waals surface area contributed by atoms with Gasteiger partial charge in [-0.05, 0) is 62.2 Å². The Hall–Kier alpha value is -4.00. The highest BCUT2D eigenvalue weighted by molar-refractivity contribution is 5.80. The SMILES string of the molecule is COc1ccc(CC(=O)NC(C)c2nc3ccccc3n2CCCOc2ccc(C)cc2)cc1OC. The minimum Gasteiger partial charge on any atom is -0.494 e. The molecule has 0 spiro atoms. The molecule has 188 valence electrons. The number of nitrogens with zero attached hydrogens (tertiary/aromatic N) is 2. The molecule has 0 aliphatic carbocycles. The molecule has 0 saturated heterocycles. The van der Waals surface area contributed by atoms with Crippen molar-refractivity contribution < 1.29 is 19.0 Å². The van der Waals surface area contributed by atoms with Crippen LogP contribution >= 0.6 is 0 Å². The number of methoxy groups -OCH3 is 2. The van der Waals surface area contributed by atoms with Gasteiger partial charge in [0.25, 0.3) is 0 Å². The molecule has 1 amide bonds. The predicted octanol–water partition coefficient (Wildman–Crippen LogP) is 5.25. The molecular weight excluding hydrogens is 454 g/mol. The lowest BCUT2D eigenvalue weighted by atomic mass is 10.1. The number of imidazole rings is 1. The van der Waals surface area contributed by atoms with Crippen LogP contribution in [-0.4, -0.2) is 36.3 Å². The van der Waals surface area contributed by atoms with Gasteiger partial charge in [-0.25, -0.2) is 4.98 Å². The van der Waals surface area contributed by atoms with Crippen LogP contribution in [0.3, 0.4) is 0 Å². The number of hydrogen-bond acceptors (Lipinski definition) is 5. The first kappa shape index (κ1) is 25.1. The van der Waals surface area contributed by atoms with Crippen LogP contribution in [0.4, 0.5) is 0 Å². The van der Waals surface area contributed by atoms with Crippen molar-refractivity contribution in [2.75, 3.05) is 20.8 Å². The Morgan fingerprint density at radius 2 is 1.75 bits per heavy atom. The summed E-state index contributed by atoms with van der Waals surface area (Å²) < 4.78 is 18.7. The molecule has 1 atom stereocenters. The maximum absolute atomic E-state index is 12.9. The Morgan fingerprint density at radius 3 is 2.50 bits per heavy atom. The van der Waals surface area contributed by atoms with Gasteiger partial charge in [0.2, 0.25) is 5.91 Å². The number of aryl methyl sites for hydroxylation is 2. The van der Waals surface area contributed by atoms with Gasteiger partial charge in [-0.15, -0.1) is 0 Å². The van der Waals surface area contributed by atoms with E-state index in [1.165, 1.54) is 5.56 Å². The highest BCUT2D eigenvalue weighted by Crippen LogP contribution is 2.28. The van der Waals surface area contributed by atoms with Gasteiger partial charge in [0.1, 0.15) is 11.6 Å². The molecule has 4 aromatic rings. The topological polar surface area (TPSA) is 74.6 Å². The van der Waals surface area contributed by atoms with Crippen LogP contribution in [0.2, 0.25) is 0 Å². The molecule has 4 rings (SSSR count). The average Bonchev–Trinajstić information content (AvgIpc) is 3.26. The number of aromatic nitrogens is 2. The number of benzene rings is 3. The van der Waals surface area contributed by atoms with Gasteiger partial charge in [0.15, 0.2) is 11.5 Å². The maximum atomic E-state index is 12.9. The van der Waals surface area contributed by atoms with E-state index in [-0.39, 0.29) is 18.4 Å². The fourth-order valence-corrected chi connectivity index (χ4v) is 4.24. The summed E-state index contributed by atoms with van der Waals surface area (Å²) in [5.41, 5.74) is 4.01. The van der Waals surface area contributed by atoms with Crippen molar-refractivity contribution in [3.63, 3.8) is 0 Å². The molecule has 1 aromatic heterocycles. The normalized spacial score (nSPS) is 11.8. The van der Waals surface area contributed by atoms with Crippen molar-refractivity contribution in [2.24, 2.45) is 0 Å². The first-order chi connectivity index (χ1) is 17.5. The Kier molecular flexibility index (Phi) is 8.10. The lowest BCUT2D eigenvalue weighted by Gasteiger charge is -2.17. The Morgan fingerprint density at radius 1 is 1.00 bits per heavy atom. The zero-order valence-electron chi connectivity index (χ0n) is 21.3. The van der Waals surface area contributed by atoms with Crippen molar-refractivity contribution >= 4 is 16.9 Å². The van der Waals surface area contributed by atoms with E-state index in [0.717, 1.165) is 41.1 Å². The molecule has 36 heavy (non-hydrogen) atoms. The second-order valence-corrected chi connectivity index (χ2v) is 8.78. The van der Waals surface area contributed by atoms with Crippen molar-refractivity contribution in [1.29, 1.82) is 0 Å². The van der Waals surface area contributed by atoms with E-state index in [2.05, 4.69) is 22.9 Å². The summed E-state index contributed by atoms with van der Waals surface area (Å²) in [6.07, 6.45) is 1.04. The van der Waals surface area contributed by atoms with Crippen molar-refractivity contribution in [3.8, 4) is 17.2 Å². The van der Waals surface area contributed by atoms with Crippen LogP contribution in [0.5, 0.6) is 17.2 Å². The molecule has 0 aliphatic rings. The third-order valence-electron chi connectivity index (χ3n) is 6.08. The molecule has 0 bridgehead atoms. The van der Waals surface area contributed by atoms with E-state index in [9.17, 15) is 4.79 Å². The monoisotopic (exact) mass is 487 g/mol. The number of hydrogen-bond donors (Lipinski definition) is 1. The first-order valence-corrected chi connectivity index (χ1v) is 12.1. The highest BCUT2D eigenvalue weighted by atomic mass is 16.5. The number of ether oxygens (including phenoxy) is 3. The largest absolute Gasteiger partial charge is 0.494 e. The number of nitrogens with one attached hydrogen (secondary N) is 1. The van der Waals surface area contributed by atoms with Crippen LogP contribution < -0.4 is 19.5 Å². The van der Waals surface area contributed by atoms with Gasteiger partial charge in [0, 0.05) is 6.54 Å². The third kappa shape index (κ3) is 5.97. The molecule has 1 unspecified atom stereocenters. The smallest absolute Gasteiger partial charge is 0.224 e. The van der Waals surface area contributed by atoms with E-state index in [0.29, 0.717) is 18.1 Å². The van der Waals surface area contributed by atoms with Gasteiger partial charge >= 0.3 is 0 Å². The molecule has 1 N–H and O–H groups in total. The minimum absolute atomic E-state index is 0.0870. The molecular formula is C29H33N3O4. The fourth-order valence-electron chi connectivity index (χ4n) is 4.24. The number of carbonyl (C=O) groups is 1. The van der Waals surface area contributed by atoms with E-state index in [1.54, 1.807) is 14.2 Å². The van der Waals surface area contributed by atoms with Crippen LogP contribution in [0.1, 0.15) is 36.3 Å². The quantitative estimate of drug-likeness (QED) is 0.293. The average molecular weight is 488 g/mol. The highest BCUT2D eigenvalue weighted by Gasteiger charge is 2.19. The van der Waals surface area contributed by atoms with Crippen LogP contribution in [0.15, 0.2) is 66.7 Å². The standard InChI is InChI=1S/C29H33N3O4/c1-20-10-13-23(14-11-20)36-17-7-16-32-25-9-6-5-8-24(25)31-29(32)21(2)30-28(33)19-22-12-15-26(34-3)27(18-22)35-4/h5-6,8-15,18,21H,7,16-17,19H2,1-4H3,(H,30,33). The van der Waals surface area contributed by atoms with Gasteiger partial charge in [-0.3, -0.25) is 4.79 Å². The summed E-state index contributed by atoms with van der Waals surface area (Å²) in [5, 5.41) is 3.11. The summed E-state index contributed by atoms with van der Waals surface area (Å²) in [4.78, 5) is 17.7. The number of carbonyl (C=O) groups excluding carboxylic acids is 1. The van der Waals surface area contributed by atoms with Crippen molar-refractivity contribution in [3.05, 3.63) is 83.7 Å². The molecule has 7 heteroatoms. The van der Waals surface area contributed by atoms with Gasteiger partial charge in [-0.2, -0.15) is 0 Å². The first-order valence-electron chi connectivity index (χ1n) is 12.1. The summed E-state index contributed by atoms with van der Waals surface area (Å²) in [6, 6.07) is 21.4. The van der Waals surface area contributed by atoms with Gasteiger partial charge in [0.05, 0.1) is 44.3 Å². The lowest BCUT2D eigenvalue weighted by molar-refractivity contribution is -0.121. The summed E-state index contributed by atoms with van der Waals surface area (Å²) in [6.45, 7) is 5.35. The molecule has 7 nitrogen and oxygen atoms in total. The van der Waals surface area contributed by atoms with Crippen LogP contribution in [0.25, 0.3) is 11.0 Å². The van der Waals surface area contributed by atoms with Crippen molar-refractivity contribution in [2.45, 2.75) is 39.3 Å². The molecule has 3 aromatic carbocycles. The lowest BCUT2D eigenvalue weighted by Crippen LogP contribution is -2.30. The summed E-state index contributed by atoms with van der Waals surface area (Å²) in [5.74, 6) is 2.84. The second-order valence-electron chi connectivity index (χ2n) is 8.78. The molecule has 1 heterocycles. The Labute approximate surface area is 212 Å². The maximum Gasteiger partial charge on any atom is 0.224 e. The van der Waals surface area contributed by atoms with E-state index in [1.807, 2.05) is 67.6 Å². The zero-order valence-corrected chi connectivity index (χ0v) is 21.3.